The number of hydrogen-bond acceptors (Lipinski definition) is 4. The molecule has 1 fully saturated rings. The molecule has 1 aromatic heterocycles. The molecule has 0 radical (unpaired) electrons. The van der Waals surface area contributed by atoms with Crippen molar-refractivity contribution in [2.24, 2.45) is 25.7 Å². The zero-order valence-electron chi connectivity index (χ0n) is 12.0. The van der Waals surface area contributed by atoms with E-state index in [-0.39, 0.29) is 23.7 Å². The lowest BCUT2D eigenvalue weighted by Crippen LogP contribution is -2.42. The first kappa shape index (κ1) is 16.9. The molecule has 0 aromatic carbocycles. The van der Waals surface area contributed by atoms with E-state index in [0.717, 1.165) is 29.8 Å². The summed E-state index contributed by atoms with van der Waals surface area (Å²) in [5.41, 5.74) is 5.98. The Morgan fingerprint density at radius 1 is 1.30 bits per heavy atom. The van der Waals surface area contributed by atoms with Crippen LogP contribution >= 0.6 is 12.4 Å². The van der Waals surface area contributed by atoms with Gasteiger partial charge in [0.15, 0.2) is 0 Å². The van der Waals surface area contributed by atoms with Crippen LogP contribution in [-0.4, -0.2) is 33.7 Å². The van der Waals surface area contributed by atoms with Gasteiger partial charge in [-0.15, -0.1) is 12.4 Å². The summed E-state index contributed by atoms with van der Waals surface area (Å²) in [7, 11) is 3.21. The van der Waals surface area contributed by atoms with Crippen LogP contribution in [-0.2, 0) is 20.6 Å². The highest BCUT2D eigenvalue weighted by atomic mass is 35.5. The largest absolute Gasteiger partial charge is 0.330 e. The highest BCUT2D eigenvalue weighted by molar-refractivity contribution is 5.85. The van der Waals surface area contributed by atoms with Gasteiger partial charge in [-0.1, -0.05) is 0 Å². The van der Waals surface area contributed by atoms with Gasteiger partial charge in [-0.3, -0.25) is 18.8 Å². The molecule has 0 saturated carbocycles. The number of halogens is 1. The predicted octanol–water partition coefficient (Wildman–Crippen LogP) is -0.323. The summed E-state index contributed by atoms with van der Waals surface area (Å²) in [6.45, 7) is 3.28. The first-order valence-electron chi connectivity index (χ1n) is 6.71. The first-order chi connectivity index (χ1) is 9.02. The van der Waals surface area contributed by atoms with Crippen molar-refractivity contribution in [3.63, 3.8) is 0 Å². The van der Waals surface area contributed by atoms with Crippen LogP contribution in [0, 0.1) is 5.92 Å². The van der Waals surface area contributed by atoms with Crippen molar-refractivity contribution >= 4 is 12.4 Å². The number of likely N-dealkylation sites (tertiary alicyclic amines) is 1. The third-order valence-corrected chi connectivity index (χ3v) is 3.95. The molecular formula is C13H23ClN4O2. The molecule has 1 saturated heterocycles. The Hall–Kier alpha value is -1.11. The lowest BCUT2D eigenvalue weighted by Gasteiger charge is -2.32. The fraction of sp³-hybridized carbons (Fsp3) is 0.692. The molecule has 1 aromatic rings. The molecule has 2 rings (SSSR count). The molecule has 1 aliphatic heterocycles. The molecular weight excluding hydrogens is 280 g/mol. The maximum atomic E-state index is 11.9. The summed E-state index contributed by atoms with van der Waals surface area (Å²) < 4.78 is 2.68. The van der Waals surface area contributed by atoms with E-state index in [9.17, 15) is 9.59 Å². The fourth-order valence-electron chi connectivity index (χ4n) is 2.65. The van der Waals surface area contributed by atoms with Crippen LogP contribution in [0.3, 0.4) is 0 Å². The summed E-state index contributed by atoms with van der Waals surface area (Å²) in [6, 6.07) is 1.55. The van der Waals surface area contributed by atoms with Gasteiger partial charge in [-0.25, -0.2) is 4.79 Å². The molecule has 0 spiro atoms. The van der Waals surface area contributed by atoms with Crippen LogP contribution in [0.15, 0.2) is 15.7 Å². The van der Waals surface area contributed by atoms with Crippen molar-refractivity contribution in [2.45, 2.75) is 19.4 Å². The topological polar surface area (TPSA) is 73.3 Å². The van der Waals surface area contributed by atoms with Crippen LogP contribution in [0.2, 0.25) is 0 Å². The van der Waals surface area contributed by atoms with E-state index in [0.29, 0.717) is 19.0 Å². The molecule has 1 unspecified atom stereocenters. The predicted molar refractivity (Wildman–Crippen MR) is 81.2 cm³/mol. The van der Waals surface area contributed by atoms with Gasteiger partial charge in [0, 0.05) is 38.9 Å². The molecule has 7 heteroatoms. The summed E-state index contributed by atoms with van der Waals surface area (Å²) in [6.07, 6.45) is 2.29. The molecule has 2 N–H and O–H groups in total. The molecule has 20 heavy (non-hydrogen) atoms. The van der Waals surface area contributed by atoms with Crippen molar-refractivity contribution in [1.82, 2.24) is 14.0 Å². The van der Waals surface area contributed by atoms with E-state index in [1.165, 1.54) is 13.5 Å². The van der Waals surface area contributed by atoms with Crippen LogP contribution < -0.4 is 17.0 Å². The monoisotopic (exact) mass is 302 g/mol. The number of piperidine rings is 1. The van der Waals surface area contributed by atoms with Gasteiger partial charge in [-0.05, 0) is 31.8 Å². The van der Waals surface area contributed by atoms with Crippen LogP contribution in [0.5, 0.6) is 0 Å². The van der Waals surface area contributed by atoms with Gasteiger partial charge < -0.3 is 5.73 Å². The number of hydrogen-bond donors (Lipinski definition) is 1. The van der Waals surface area contributed by atoms with Crippen molar-refractivity contribution in [3.8, 4) is 0 Å². The van der Waals surface area contributed by atoms with Gasteiger partial charge in [0.2, 0.25) is 0 Å². The lowest BCUT2D eigenvalue weighted by atomic mass is 9.98. The molecule has 1 aliphatic rings. The van der Waals surface area contributed by atoms with E-state index >= 15 is 0 Å². The SMILES string of the molecule is Cl.Cn1c(CN2CCCC(CN)C2)cc(=O)n(C)c1=O. The third-order valence-electron chi connectivity index (χ3n) is 3.95. The molecule has 0 amide bonds. The average molecular weight is 303 g/mol. The van der Waals surface area contributed by atoms with E-state index in [2.05, 4.69) is 4.90 Å². The number of nitrogens with zero attached hydrogens (tertiary/aromatic N) is 3. The van der Waals surface area contributed by atoms with Gasteiger partial charge in [0.1, 0.15) is 0 Å². The van der Waals surface area contributed by atoms with E-state index in [1.807, 2.05) is 0 Å². The number of nitrogens with two attached hydrogens (primary N) is 1. The second kappa shape index (κ2) is 7.06. The number of aromatic nitrogens is 2. The van der Waals surface area contributed by atoms with Crippen molar-refractivity contribution in [3.05, 3.63) is 32.6 Å². The van der Waals surface area contributed by atoms with Crippen molar-refractivity contribution < 1.29 is 0 Å². The molecule has 0 bridgehead atoms. The smallest absolute Gasteiger partial charge is 0.330 e. The molecule has 0 aliphatic carbocycles. The summed E-state index contributed by atoms with van der Waals surface area (Å²) in [5, 5.41) is 0. The molecule has 2 heterocycles. The van der Waals surface area contributed by atoms with Gasteiger partial charge in [0.25, 0.3) is 5.56 Å². The Labute approximate surface area is 124 Å². The fourth-order valence-corrected chi connectivity index (χ4v) is 2.65. The quantitative estimate of drug-likeness (QED) is 0.830. The number of rotatable bonds is 3. The van der Waals surface area contributed by atoms with E-state index in [1.54, 1.807) is 17.7 Å². The van der Waals surface area contributed by atoms with Gasteiger partial charge in [-0.2, -0.15) is 0 Å². The Kier molecular flexibility index (Phi) is 5.98. The first-order valence-corrected chi connectivity index (χ1v) is 6.71. The van der Waals surface area contributed by atoms with Crippen molar-refractivity contribution in [2.75, 3.05) is 19.6 Å². The second-order valence-corrected chi connectivity index (χ2v) is 5.35. The minimum absolute atomic E-state index is 0. The van der Waals surface area contributed by atoms with E-state index < -0.39 is 0 Å². The van der Waals surface area contributed by atoms with Gasteiger partial charge >= 0.3 is 5.69 Å². The average Bonchev–Trinajstić information content (AvgIpc) is 2.42. The van der Waals surface area contributed by atoms with Crippen LogP contribution in [0.4, 0.5) is 0 Å². The van der Waals surface area contributed by atoms with E-state index in [4.69, 9.17) is 5.73 Å². The summed E-state index contributed by atoms with van der Waals surface area (Å²) in [4.78, 5) is 25.8. The summed E-state index contributed by atoms with van der Waals surface area (Å²) >= 11 is 0. The van der Waals surface area contributed by atoms with Crippen molar-refractivity contribution in [1.29, 1.82) is 0 Å². The Morgan fingerprint density at radius 3 is 2.65 bits per heavy atom. The Morgan fingerprint density at radius 2 is 2.00 bits per heavy atom. The lowest BCUT2D eigenvalue weighted by molar-refractivity contribution is 0.167. The normalized spacial score (nSPS) is 19.6. The maximum absolute atomic E-state index is 11.9. The second-order valence-electron chi connectivity index (χ2n) is 5.35. The Balaban J connectivity index is 0.00000200. The van der Waals surface area contributed by atoms with Gasteiger partial charge in [0.05, 0.1) is 0 Å². The Bertz CT molecular complexity index is 566. The molecule has 6 nitrogen and oxygen atoms in total. The maximum Gasteiger partial charge on any atom is 0.330 e. The molecule has 114 valence electrons. The van der Waals surface area contributed by atoms with Crippen LogP contribution in [0.25, 0.3) is 0 Å². The third kappa shape index (κ3) is 3.50. The molecule has 1 atom stereocenters. The highest BCUT2D eigenvalue weighted by Crippen LogP contribution is 2.16. The zero-order chi connectivity index (χ0) is 14.0. The van der Waals surface area contributed by atoms with Crippen LogP contribution in [0.1, 0.15) is 18.5 Å². The summed E-state index contributed by atoms with van der Waals surface area (Å²) in [5.74, 6) is 0.525. The minimum atomic E-state index is -0.269. The minimum Gasteiger partial charge on any atom is -0.330 e. The zero-order valence-corrected chi connectivity index (χ0v) is 12.9. The highest BCUT2D eigenvalue weighted by Gasteiger charge is 2.19. The standard InChI is InChI=1S/C13H22N4O2.ClH/c1-15-11(6-12(18)16(2)13(15)19)9-17-5-3-4-10(7-14)8-17;/h6,10H,3-5,7-9,14H2,1-2H3;1H.